The van der Waals surface area contributed by atoms with Gasteiger partial charge < -0.3 is 20.3 Å². The maximum Gasteiger partial charge on any atom is 0.239 e. The third-order valence-corrected chi connectivity index (χ3v) is 4.69. The van der Waals surface area contributed by atoms with E-state index < -0.39 is 0 Å². The van der Waals surface area contributed by atoms with Crippen LogP contribution in [0.15, 0.2) is 24.5 Å². The number of ether oxygens (including phenoxy) is 1. The molecule has 1 aliphatic rings. The van der Waals surface area contributed by atoms with Crippen molar-refractivity contribution in [1.29, 1.82) is 0 Å². The third-order valence-electron chi connectivity index (χ3n) is 4.69. The maximum atomic E-state index is 5.46. The van der Waals surface area contributed by atoms with Gasteiger partial charge in [-0.25, -0.2) is 14.6 Å². The fraction of sp³-hybridized carbons (Fsp3) is 0.368. The molecule has 0 spiro atoms. The molecule has 4 rings (SSSR count). The lowest BCUT2D eigenvalue weighted by molar-refractivity contribution is 0.311. The number of nitrogens with one attached hydrogen (secondary N) is 2. The molecule has 0 radical (unpaired) electrons. The minimum absolute atomic E-state index is 0.503. The largest absolute Gasteiger partial charge is 0.479 e. The molecule has 3 aromatic heterocycles. The summed E-state index contributed by atoms with van der Waals surface area (Å²) < 4.78 is 7.31. The number of aromatic nitrogens is 5. The second kappa shape index (κ2) is 7.43. The van der Waals surface area contributed by atoms with Crippen molar-refractivity contribution < 1.29 is 4.74 Å². The average molecular weight is 380 g/mol. The van der Waals surface area contributed by atoms with E-state index in [0.29, 0.717) is 11.8 Å². The Bertz CT molecular complexity index is 1000. The van der Waals surface area contributed by atoms with Crippen molar-refractivity contribution in [2.45, 2.75) is 19.9 Å². The lowest BCUT2D eigenvalue weighted by Gasteiger charge is -2.20. The van der Waals surface area contributed by atoms with Crippen LogP contribution in [0.3, 0.4) is 0 Å². The maximum absolute atomic E-state index is 5.46. The normalized spacial score (nSPS) is 13.9. The molecule has 0 fully saturated rings. The van der Waals surface area contributed by atoms with E-state index in [1.165, 1.54) is 5.56 Å². The summed E-state index contributed by atoms with van der Waals surface area (Å²) in [5, 5.41) is 11.0. The average Bonchev–Trinajstić information content (AvgIpc) is 3.10. The van der Waals surface area contributed by atoms with Gasteiger partial charge in [0.25, 0.3) is 0 Å². The van der Waals surface area contributed by atoms with E-state index in [2.05, 4.69) is 43.7 Å². The lowest BCUT2D eigenvalue weighted by atomic mass is 10.1. The molecule has 0 amide bonds. The van der Waals surface area contributed by atoms with Gasteiger partial charge >= 0.3 is 0 Å². The Morgan fingerprint density at radius 3 is 2.86 bits per heavy atom. The van der Waals surface area contributed by atoms with Gasteiger partial charge in [-0.05, 0) is 20.0 Å². The standard InChI is InChI=1S/C19H24N8O/c1-12-7-17(20-2)24-19(22-12)23-14-8-16(18(28-4)21-9-14)27-11-13-10-26(3)6-5-15(13)25-27/h7-9,11H,5-6,10H2,1-4H3,(H2,20,22,23,24). The van der Waals surface area contributed by atoms with Gasteiger partial charge in [0.15, 0.2) is 0 Å². The number of methoxy groups -OCH3 is 1. The Hall–Kier alpha value is -3.20. The summed E-state index contributed by atoms with van der Waals surface area (Å²) in [6, 6.07) is 3.83. The highest BCUT2D eigenvalue weighted by atomic mass is 16.5. The smallest absolute Gasteiger partial charge is 0.239 e. The Balaban J connectivity index is 1.68. The first-order chi connectivity index (χ1) is 13.6. The fourth-order valence-corrected chi connectivity index (χ4v) is 3.29. The highest BCUT2D eigenvalue weighted by molar-refractivity contribution is 5.60. The van der Waals surface area contributed by atoms with E-state index in [1.54, 1.807) is 13.3 Å². The van der Waals surface area contributed by atoms with Gasteiger partial charge in [-0.15, -0.1) is 0 Å². The Labute approximate surface area is 163 Å². The fourth-order valence-electron chi connectivity index (χ4n) is 3.29. The number of anilines is 3. The summed E-state index contributed by atoms with van der Waals surface area (Å²) in [4.78, 5) is 15.6. The summed E-state index contributed by atoms with van der Waals surface area (Å²) in [5.74, 6) is 1.77. The minimum Gasteiger partial charge on any atom is -0.479 e. The molecule has 0 saturated carbocycles. The van der Waals surface area contributed by atoms with Crippen LogP contribution in [0.1, 0.15) is 17.0 Å². The van der Waals surface area contributed by atoms with Gasteiger partial charge in [0.05, 0.1) is 24.7 Å². The molecule has 0 unspecified atom stereocenters. The number of nitrogens with zero attached hydrogens (tertiary/aromatic N) is 6. The van der Waals surface area contributed by atoms with Gasteiger partial charge in [-0.2, -0.15) is 10.1 Å². The molecule has 4 heterocycles. The van der Waals surface area contributed by atoms with Gasteiger partial charge in [-0.3, -0.25) is 0 Å². The molecular weight excluding hydrogens is 356 g/mol. The second-order valence-electron chi connectivity index (χ2n) is 6.88. The van der Waals surface area contributed by atoms with Crippen LogP contribution in [0.2, 0.25) is 0 Å². The summed E-state index contributed by atoms with van der Waals surface area (Å²) in [6.07, 6.45) is 4.69. The van der Waals surface area contributed by atoms with Gasteiger partial charge in [0.2, 0.25) is 11.8 Å². The van der Waals surface area contributed by atoms with Crippen molar-refractivity contribution in [3.05, 3.63) is 41.5 Å². The quantitative estimate of drug-likeness (QED) is 0.696. The Kier molecular flexibility index (Phi) is 4.82. The SMILES string of the molecule is CNc1cc(C)nc(Nc2cnc(OC)c(-n3cc4c(n3)CCN(C)C4)c2)n1. The molecule has 9 nitrogen and oxygen atoms in total. The lowest BCUT2D eigenvalue weighted by Crippen LogP contribution is -2.25. The molecule has 0 aliphatic carbocycles. The first-order valence-corrected chi connectivity index (χ1v) is 9.16. The summed E-state index contributed by atoms with van der Waals surface area (Å²) in [5.41, 5.74) is 4.75. The van der Waals surface area contributed by atoms with E-state index in [4.69, 9.17) is 9.84 Å². The molecule has 3 aromatic rings. The third kappa shape index (κ3) is 3.61. The molecule has 0 aromatic carbocycles. The van der Waals surface area contributed by atoms with Gasteiger partial charge in [0, 0.05) is 50.1 Å². The molecule has 2 N–H and O–H groups in total. The first-order valence-electron chi connectivity index (χ1n) is 9.16. The van der Waals surface area contributed by atoms with Crippen LogP contribution in [0.5, 0.6) is 5.88 Å². The number of fused-ring (bicyclic) bond motifs is 1. The van der Waals surface area contributed by atoms with E-state index in [-0.39, 0.29) is 0 Å². The summed E-state index contributed by atoms with van der Waals surface area (Å²) in [6.45, 7) is 3.84. The second-order valence-corrected chi connectivity index (χ2v) is 6.88. The van der Waals surface area contributed by atoms with Crippen molar-refractivity contribution in [2.75, 3.05) is 38.4 Å². The molecular formula is C19H24N8O. The predicted octanol–water partition coefficient (Wildman–Crippen LogP) is 2.15. The Morgan fingerprint density at radius 1 is 1.21 bits per heavy atom. The molecule has 146 valence electrons. The van der Waals surface area contributed by atoms with Crippen molar-refractivity contribution in [2.24, 2.45) is 0 Å². The zero-order valence-corrected chi connectivity index (χ0v) is 16.5. The van der Waals surface area contributed by atoms with Crippen LogP contribution < -0.4 is 15.4 Å². The van der Waals surface area contributed by atoms with E-state index in [0.717, 1.165) is 48.1 Å². The van der Waals surface area contributed by atoms with Crippen LogP contribution in [-0.4, -0.2) is 57.4 Å². The number of likely N-dealkylation sites (N-methyl/N-ethyl adjacent to an activating group) is 1. The van der Waals surface area contributed by atoms with Crippen molar-refractivity contribution in [1.82, 2.24) is 29.6 Å². The topological polar surface area (TPSA) is 93.0 Å². The molecule has 0 bridgehead atoms. The molecule has 28 heavy (non-hydrogen) atoms. The summed E-state index contributed by atoms with van der Waals surface area (Å²) >= 11 is 0. The van der Waals surface area contributed by atoms with Gasteiger partial charge in [-0.1, -0.05) is 0 Å². The molecule has 0 saturated heterocycles. The number of pyridine rings is 1. The van der Waals surface area contributed by atoms with Crippen LogP contribution >= 0.6 is 0 Å². The highest BCUT2D eigenvalue weighted by Gasteiger charge is 2.19. The number of aryl methyl sites for hydroxylation is 1. The van der Waals surface area contributed by atoms with Crippen LogP contribution in [0, 0.1) is 6.92 Å². The summed E-state index contributed by atoms with van der Waals surface area (Å²) in [7, 11) is 5.56. The van der Waals surface area contributed by atoms with E-state index >= 15 is 0 Å². The van der Waals surface area contributed by atoms with Crippen molar-refractivity contribution in [3.8, 4) is 11.6 Å². The van der Waals surface area contributed by atoms with Crippen molar-refractivity contribution in [3.63, 3.8) is 0 Å². The predicted molar refractivity (Wildman–Crippen MR) is 108 cm³/mol. The van der Waals surface area contributed by atoms with E-state index in [9.17, 15) is 0 Å². The molecule has 0 atom stereocenters. The zero-order chi connectivity index (χ0) is 19.7. The number of hydrogen-bond acceptors (Lipinski definition) is 8. The highest BCUT2D eigenvalue weighted by Crippen LogP contribution is 2.27. The zero-order valence-electron chi connectivity index (χ0n) is 16.5. The van der Waals surface area contributed by atoms with Crippen LogP contribution in [-0.2, 0) is 13.0 Å². The van der Waals surface area contributed by atoms with Crippen LogP contribution in [0.25, 0.3) is 5.69 Å². The number of rotatable bonds is 5. The minimum atomic E-state index is 0.503. The molecule has 1 aliphatic heterocycles. The first kappa shape index (κ1) is 18.2. The van der Waals surface area contributed by atoms with Crippen LogP contribution in [0.4, 0.5) is 17.5 Å². The van der Waals surface area contributed by atoms with Gasteiger partial charge in [0.1, 0.15) is 11.5 Å². The monoisotopic (exact) mass is 380 g/mol. The Morgan fingerprint density at radius 2 is 2.07 bits per heavy atom. The van der Waals surface area contributed by atoms with Crippen molar-refractivity contribution >= 4 is 17.5 Å². The van der Waals surface area contributed by atoms with E-state index in [1.807, 2.05) is 30.8 Å². The number of hydrogen-bond donors (Lipinski definition) is 2. The molecule has 9 heteroatoms.